The Labute approximate surface area is 122 Å². The van der Waals surface area contributed by atoms with Gasteiger partial charge in [0.2, 0.25) is 0 Å². The Morgan fingerprint density at radius 2 is 2.14 bits per heavy atom. The highest BCUT2D eigenvalue weighted by molar-refractivity contribution is 5.74. The second-order valence-electron chi connectivity index (χ2n) is 5.40. The number of hydrogen-bond donors (Lipinski definition) is 1. The van der Waals surface area contributed by atoms with Crippen LogP contribution in [-0.4, -0.2) is 24.8 Å². The molecular formula is C15H18N4O2. The molecule has 0 saturated heterocycles. The molecule has 0 saturated carbocycles. The van der Waals surface area contributed by atoms with Crippen molar-refractivity contribution in [2.75, 3.05) is 0 Å². The van der Waals surface area contributed by atoms with E-state index in [1.807, 2.05) is 35.8 Å². The maximum absolute atomic E-state index is 10.3. The molecule has 1 atom stereocenters. The lowest BCUT2D eigenvalue weighted by Gasteiger charge is -2.16. The van der Waals surface area contributed by atoms with Crippen LogP contribution in [0.1, 0.15) is 38.4 Å². The molecule has 21 heavy (non-hydrogen) atoms. The Hall–Kier alpha value is -2.21. The molecule has 0 bridgehead atoms. The number of nitrogens with zero attached hydrogens (tertiary/aromatic N) is 4. The van der Waals surface area contributed by atoms with Crippen molar-refractivity contribution >= 4 is 11.0 Å². The van der Waals surface area contributed by atoms with Crippen LogP contribution in [0.4, 0.5) is 0 Å². The first-order valence-corrected chi connectivity index (χ1v) is 7.05. The average molecular weight is 286 g/mol. The van der Waals surface area contributed by atoms with Crippen LogP contribution in [0.2, 0.25) is 0 Å². The Morgan fingerprint density at radius 1 is 1.33 bits per heavy atom. The monoisotopic (exact) mass is 286 g/mol. The van der Waals surface area contributed by atoms with Crippen molar-refractivity contribution in [3.8, 4) is 0 Å². The van der Waals surface area contributed by atoms with Crippen LogP contribution < -0.4 is 0 Å². The summed E-state index contributed by atoms with van der Waals surface area (Å²) < 4.78 is 7.15. The van der Waals surface area contributed by atoms with Crippen LogP contribution in [0.25, 0.3) is 11.0 Å². The van der Waals surface area contributed by atoms with Gasteiger partial charge in [-0.3, -0.25) is 0 Å². The van der Waals surface area contributed by atoms with Crippen LogP contribution in [0.5, 0.6) is 0 Å². The van der Waals surface area contributed by atoms with E-state index in [1.165, 1.54) is 0 Å². The molecule has 0 radical (unpaired) electrons. The molecule has 2 heterocycles. The van der Waals surface area contributed by atoms with Crippen LogP contribution in [-0.2, 0) is 12.1 Å². The smallest absolute Gasteiger partial charge is 0.258 e. The molecule has 0 unspecified atom stereocenters. The number of imidazole rings is 1. The zero-order chi connectivity index (χ0) is 14.9. The molecule has 0 aliphatic heterocycles. The highest BCUT2D eigenvalue weighted by atomic mass is 16.5. The van der Waals surface area contributed by atoms with Gasteiger partial charge in [0.1, 0.15) is 5.60 Å². The largest absolute Gasteiger partial charge is 0.380 e. The second-order valence-corrected chi connectivity index (χ2v) is 5.40. The first kappa shape index (κ1) is 13.8. The minimum Gasteiger partial charge on any atom is -0.380 e. The van der Waals surface area contributed by atoms with Gasteiger partial charge in [-0.25, -0.2) is 4.98 Å². The van der Waals surface area contributed by atoms with Gasteiger partial charge in [0.15, 0.2) is 5.82 Å². The summed E-state index contributed by atoms with van der Waals surface area (Å²) in [6.45, 7) is 4.16. The van der Waals surface area contributed by atoms with Gasteiger partial charge in [-0.05, 0) is 25.5 Å². The van der Waals surface area contributed by atoms with Crippen LogP contribution in [0, 0.1) is 0 Å². The van der Waals surface area contributed by atoms with E-state index in [-0.39, 0.29) is 5.89 Å². The van der Waals surface area contributed by atoms with Crippen LogP contribution in [0.3, 0.4) is 0 Å². The zero-order valence-electron chi connectivity index (χ0n) is 12.2. The van der Waals surface area contributed by atoms with Crippen LogP contribution >= 0.6 is 0 Å². The first-order valence-electron chi connectivity index (χ1n) is 7.05. The number of aromatic nitrogens is 4. The van der Waals surface area contributed by atoms with Crippen molar-refractivity contribution < 1.29 is 9.63 Å². The lowest BCUT2D eigenvalue weighted by atomic mass is 10.0. The fourth-order valence-electron chi connectivity index (χ4n) is 2.42. The summed E-state index contributed by atoms with van der Waals surface area (Å²) in [5.41, 5.74) is 0.875. The number of hydrogen-bond acceptors (Lipinski definition) is 5. The van der Waals surface area contributed by atoms with Crippen LogP contribution in [0.15, 0.2) is 35.1 Å². The molecule has 0 fully saturated rings. The van der Waals surface area contributed by atoms with E-state index in [0.717, 1.165) is 17.5 Å². The predicted molar refractivity (Wildman–Crippen MR) is 77.6 cm³/mol. The van der Waals surface area contributed by atoms with Gasteiger partial charge in [0.25, 0.3) is 5.89 Å². The minimum absolute atomic E-state index is 0.267. The topological polar surface area (TPSA) is 77.0 Å². The number of para-hydroxylation sites is 2. The van der Waals surface area contributed by atoms with Crippen molar-refractivity contribution in [2.45, 2.75) is 38.8 Å². The lowest BCUT2D eigenvalue weighted by Crippen LogP contribution is -2.21. The summed E-state index contributed by atoms with van der Waals surface area (Å²) >= 11 is 0. The van der Waals surface area contributed by atoms with Gasteiger partial charge in [-0.15, -0.1) is 0 Å². The number of rotatable bonds is 5. The van der Waals surface area contributed by atoms with Gasteiger partial charge >= 0.3 is 0 Å². The third kappa shape index (κ3) is 2.67. The molecule has 1 aromatic carbocycles. The Balaban J connectivity index is 1.84. The average Bonchev–Trinajstić information content (AvgIpc) is 3.08. The molecule has 1 N–H and O–H groups in total. The summed E-state index contributed by atoms with van der Waals surface area (Å²) in [6, 6.07) is 7.87. The molecule has 0 spiro atoms. The minimum atomic E-state index is -1.07. The first-order chi connectivity index (χ1) is 10.1. The maximum Gasteiger partial charge on any atom is 0.258 e. The molecule has 0 amide bonds. The maximum atomic E-state index is 10.3. The number of fused-ring (bicyclic) bond motifs is 1. The molecule has 6 heteroatoms. The SMILES string of the molecule is CCC[C@](C)(O)c1nc(Cn2cnc3ccccc32)no1. The summed E-state index contributed by atoms with van der Waals surface area (Å²) in [7, 11) is 0. The number of benzene rings is 1. The van der Waals surface area contributed by atoms with E-state index in [4.69, 9.17) is 4.52 Å². The summed E-state index contributed by atoms with van der Waals surface area (Å²) in [6.07, 6.45) is 3.18. The van der Waals surface area contributed by atoms with Gasteiger partial charge in [0.05, 0.1) is 23.9 Å². The van der Waals surface area contributed by atoms with Crippen molar-refractivity contribution in [3.05, 3.63) is 42.3 Å². The molecule has 3 rings (SSSR count). The summed E-state index contributed by atoms with van der Waals surface area (Å²) in [5, 5.41) is 14.2. The van der Waals surface area contributed by atoms with Crippen molar-refractivity contribution in [1.29, 1.82) is 0 Å². The van der Waals surface area contributed by atoms with Crippen molar-refractivity contribution in [2.24, 2.45) is 0 Å². The predicted octanol–water partition coefficient (Wildman–Crippen LogP) is 2.48. The number of aliphatic hydroxyl groups is 1. The van der Waals surface area contributed by atoms with E-state index in [2.05, 4.69) is 15.1 Å². The Morgan fingerprint density at radius 3 is 2.95 bits per heavy atom. The second kappa shape index (κ2) is 5.29. The normalized spacial score (nSPS) is 14.4. The lowest BCUT2D eigenvalue weighted by molar-refractivity contribution is 0.0138. The Bertz CT molecular complexity index is 745. The van der Waals surface area contributed by atoms with Crippen molar-refractivity contribution in [3.63, 3.8) is 0 Å². The highest BCUT2D eigenvalue weighted by Gasteiger charge is 2.29. The van der Waals surface area contributed by atoms with Crippen molar-refractivity contribution in [1.82, 2.24) is 19.7 Å². The highest BCUT2D eigenvalue weighted by Crippen LogP contribution is 2.24. The third-order valence-electron chi connectivity index (χ3n) is 3.50. The quantitative estimate of drug-likeness (QED) is 0.779. The fraction of sp³-hybridized carbons (Fsp3) is 0.400. The van der Waals surface area contributed by atoms with E-state index >= 15 is 0 Å². The van der Waals surface area contributed by atoms with Gasteiger partial charge in [-0.1, -0.05) is 30.6 Å². The van der Waals surface area contributed by atoms with Gasteiger partial charge in [0, 0.05) is 0 Å². The molecule has 2 aromatic heterocycles. The van der Waals surface area contributed by atoms with E-state index < -0.39 is 5.60 Å². The van der Waals surface area contributed by atoms with E-state index in [0.29, 0.717) is 18.8 Å². The summed E-state index contributed by atoms with van der Waals surface area (Å²) in [4.78, 5) is 8.63. The Kier molecular flexibility index (Phi) is 3.47. The molecule has 110 valence electrons. The zero-order valence-corrected chi connectivity index (χ0v) is 12.2. The molecule has 6 nitrogen and oxygen atoms in total. The molecule has 0 aliphatic rings. The van der Waals surface area contributed by atoms with Gasteiger partial charge in [-0.2, -0.15) is 4.98 Å². The molecule has 3 aromatic rings. The van der Waals surface area contributed by atoms with E-state index in [9.17, 15) is 5.11 Å². The molecular weight excluding hydrogens is 268 g/mol. The fourth-order valence-corrected chi connectivity index (χ4v) is 2.42. The summed E-state index contributed by atoms with van der Waals surface area (Å²) in [5.74, 6) is 0.799. The van der Waals surface area contributed by atoms with Gasteiger partial charge < -0.3 is 14.2 Å². The molecule has 0 aliphatic carbocycles. The van der Waals surface area contributed by atoms with E-state index in [1.54, 1.807) is 13.3 Å². The third-order valence-corrected chi connectivity index (χ3v) is 3.50. The standard InChI is InChI=1S/C15H18N4O2/c1-3-8-15(2,20)14-17-13(18-21-14)9-19-10-16-11-6-4-5-7-12(11)19/h4-7,10,20H,3,8-9H2,1-2H3/t15-/m0/s1.